The summed E-state index contributed by atoms with van der Waals surface area (Å²) in [5.41, 5.74) is 3.22. The molecule has 5 aromatic rings. The molecular weight excluding hydrogens is 430 g/mol. The number of Topliss-reactive ketones (excluding diaryl/α,β-unsaturated/α-hetero) is 1. The van der Waals surface area contributed by atoms with E-state index in [0.717, 1.165) is 22.2 Å². The van der Waals surface area contributed by atoms with E-state index in [-0.39, 0.29) is 5.78 Å². The summed E-state index contributed by atoms with van der Waals surface area (Å²) >= 11 is 7.33. The van der Waals surface area contributed by atoms with Crippen LogP contribution in [-0.4, -0.2) is 31.0 Å². The molecule has 0 bridgehead atoms. The van der Waals surface area contributed by atoms with Crippen molar-refractivity contribution >= 4 is 40.0 Å². The van der Waals surface area contributed by atoms with E-state index in [1.165, 1.54) is 11.8 Å². The van der Waals surface area contributed by atoms with Gasteiger partial charge in [0, 0.05) is 27.7 Å². The highest BCUT2D eigenvalue weighted by atomic mass is 35.5. The van der Waals surface area contributed by atoms with Gasteiger partial charge < -0.3 is 4.98 Å². The maximum Gasteiger partial charge on any atom is 0.215 e. The van der Waals surface area contributed by atoms with Crippen LogP contribution in [0, 0.1) is 0 Å². The predicted octanol–water partition coefficient (Wildman–Crippen LogP) is 5.51. The van der Waals surface area contributed by atoms with E-state index in [9.17, 15) is 4.79 Å². The Bertz CT molecular complexity index is 1350. The quantitative estimate of drug-likeness (QED) is 0.275. The Morgan fingerprint density at radius 3 is 2.52 bits per heavy atom. The van der Waals surface area contributed by atoms with Crippen molar-refractivity contribution < 1.29 is 4.79 Å². The van der Waals surface area contributed by atoms with E-state index < -0.39 is 5.25 Å². The van der Waals surface area contributed by atoms with Crippen LogP contribution < -0.4 is 0 Å². The van der Waals surface area contributed by atoms with Gasteiger partial charge in [-0.15, -0.1) is 5.10 Å². The molecule has 0 aliphatic heterocycles. The Labute approximate surface area is 187 Å². The number of nitrogens with zero attached hydrogens (tertiary/aromatic N) is 4. The second kappa shape index (κ2) is 8.37. The average molecular weight is 446 g/mol. The summed E-state index contributed by atoms with van der Waals surface area (Å²) in [7, 11) is 0. The number of halogens is 1. The first-order valence-corrected chi connectivity index (χ1v) is 10.8. The molecule has 6 nitrogen and oxygen atoms in total. The first kappa shape index (κ1) is 19.5. The molecule has 0 spiro atoms. The molecule has 0 radical (unpaired) electrons. The molecule has 8 heteroatoms. The van der Waals surface area contributed by atoms with Crippen molar-refractivity contribution in [1.29, 1.82) is 0 Å². The Morgan fingerprint density at radius 2 is 1.71 bits per heavy atom. The second-order valence-corrected chi connectivity index (χ2v) is 8.38. The van der Waals surface area contributed by atoms with E-state index in [1.807, 2.05) is 66.7 Å². The third-order valence-electron chi connectivity index (χ3n) is 4.93. The average Bonchev–Trinajstić information content (AvgIpc) is 3.45. The maximum absolute atomic E-state index is 13.7. The van der Waals surface area contributed by atoms with Crippen LogP contribution in [0.1, 0.15) is 21.2 Å². The summed E-state index contributed by atoms with van der Waals surface area (Å²) in [4.78, 5) is 16.9. The Hall–Kier alpha value is -3.42. The number of para-hydroxylation sites is 1. The van der Waals surface area contributed by atoms with E-state index in [2.05, 4.69) is 20.5 Å². The molecule has 1 atom stereocenters. The number of fused-ring (bicyclic) bond motifs is 1. The first-order chi connectivity index (χ1) is 15.2. The maximum atomic E-state index is 13.7. The Morgan fingerprint density at radius 1 is 0.968 bits per heavy atom. The zero-order valence-corrected chi connectivity index (χ0v) is 17.7. The van der Waals surface area contributed by atoms with Gasteiger partial charge in [0.25, 0.3) is 0 Å². The lowest BCUT2D eigenvalue weighted by Gasteiger charge is -2.15. The summed E-state index contributed by atoms with van der Waals surface area (Å²) in [5, 5.41) is 13.6. The number of benzene rings is 3. The molecule has 2 heterocycles. The van der Waals surface area contributed by atoms with Crippen molar-refractivity contribution in [3.8, 4) is 5.69 Å². The fourth-order valence-corrected chi connectivity index (χ4v) is 4.61. The summed E-state index contributed by atoms with van der Waals surface area (Å²) in [6, 6.07) is 24.7. The molecule has 0 aliphatic rings. The Kier molecular flexibility index (Phi) is 5.28. The number of carbonyl (C=O) groups is 1. The summed E-state index contributed by atoms with van der Waals surface area (Å²) in [6.07, 6.45) is 1.77. The monoisotopic (exact) mass is 445 g/mol. The van der Waals surface area contributed by atoms with E-state index in [0.29, 0.717) is 15.7 Å². The predicted molar refractivity (Wildman–Crippen MR) is 122 cm³/mol. The van der Waals surface area contributed by atoms with E-state index in [4.69, 9.17) is 11.6 Å². The first-order valence-electron chi connectivity index (χ1n) is 9.57. The SMILES string of the molecule is O=C(c1c[nH]c2ccccc12)[C@H](Sc1nnnn1-c1ccc(Cl)cc1)c1ccccc1. The molecule has 0 fully saturated rings. The van der Waals surface area contributed by atoms with Gasteiger partial charge in [-0.3, -0.25) is 4.79 Å². The lowest BCUT2D eigenvalue weighted by atomic mass is 10.0. The van der Waals surface area contributed by atoms with Crippen LogP contribution in [0.2, 0.25) is 5.02 Å². The minimum Gasteiger partial charge on any atom is -0.360 e. The molecule has 0 aliphatic carbocycles. The minimum absolute atomic E-state index is 0.0145. The fourth-order valence-electron chi connectivity index (χ4n) is 3.42. The van der Waals surface area contributed by atoms with Crippen LogP contribution in [0.5, 0.6) is 0 Å². The number of aromatic amines is 1. The number of ketones is 1. The van der Waals surface area contributed by atoms with Crippen LogP contribution in [0.25, 0.3) is 16.6 Å². The largest absolute Gasteiger partial charge is 0.360 e. The zero-order chi connectivity index (χ0) is 21.2. The van der Waals surface area contributed by atoms with Crippen molar-refractivity contribution in [2.24, 2.45) is 0 Å². The topological polar surface area (TPSA) is 76.5 Å². The number of hydrogen-bond donors (Lipinski definition) is 1. The highest BCUT2D eigenvalue weighted by Crippen LogP contribution is 2.38. The highest BCUT2D eigenvalue weighted by molar-refractivity contribution is 8.00. The standard InChI is InChI=1S/C23H16ClN5OS/c24-16-10-12-17(13-11-16)29-23(26-27-28-29)31-22(15-6-2-1-3-7-15)21(30)19-14-25-20-9-5-4-8-18(19)20/h1-14,22,25H/t22-/m1/s1. The van der Waals surface area contributed by atoms with Gasteiger partial charge in [0.2, 0.25) is 5.16 Å². The molecule has 31 heavy (non-hydrogen) atoms. The number of thioether (sulfide) groups is 1. The van der Waals surface area contributed by atoms with Gasteiger partial charge in [0.05, 0.1) is 5.69 Å². The molecule has 0 amide bonds. The molecule has 0 saturated carbocycles. The van der Waals surface area contributed by atoms with E-state index >= 15 is 0 Å². The van der Waals surface area contributed by atoms with Crippen LogP contribution in [-0.2, 0) is 0 Å². The molecule has 2 aromatic heterocycles. The van der Waals surface area contributed by atoms with Crippen molar-refractivity contribution in [1.82, 2.24) is 25.2 Å². The minimum atomic E-state index is -0.516. The lowest BCUT2D eigenvalue weighted by molar-refractivity contribution is 0.0991. The van der Waals surface area contributed by atoms with Crippen LogP contribution in [0.15, 0.2) is 90.2 Å². The van der Waals surface area contributed by atoms with Crippen molar-refractivity contribution in [2.75, 3.05) is 0 Å². The van der Waals surface area contributed by atoms with Gasteiger partial charge in [-0.05, 0) is 46.3 Å². The second-order valence-electron chi connectivity index (χ2n) is 6.87. The number of hydrogen-bond acceptors (Lipinski definition) is 5. The van der Waals surface area contributed by atoms with Crippen LogP contribution in [0.4, 0.5) is 0 Å². The fraction of sp³-hybridized carbons (Fsp3) is 0.0435. The number of rotatable bonds is 6. The molecule has 3 aromatic carbocycles. The smallest absolute Gasteiger partial charge is 0.215 e. The molecular formula is C23H16ClN5OS. The Balaban J connectivity index is 1.55. The van der Waals surface area contributed by atoms with Crippen LogP contribution >= 0.6 is 23.4 Å². The highest BCUT2D eigenvalue weighted by Gasteiger charge is 2.28. The summed E-state index contributed by atoms with van der Waals surface area (Å²) in [6.45, 7) is 0. The van der Waals surface area contributed by atoms with Crippen molar-refractivity contribution in [3.63, 3.8) is 0 Å². The van der Waals surface area contributed by atoms with Gasteiger partial charge >= 0.3 is 0 Å². The van der Waals surface area contributed by atoms with Gasteiger partial charge in [0.15, 0.2) is 5.78 Å². The molecule has 152 valence electrons. The summed E-state index contributed by atoms with van der Waals surface area (Å²) in [5.74, 6) is -0.0145. The molecule has 0 saturated heterocycles. The third kappa shape index (κ3) is 3.85. The summed E-state index contributed by atoms with van der Waals surface area (Å²) < 4.78 is 1.61. The lowest BCUT2D eigenvalue weighted by Crippen LogP contribution is -2.11. The molecule has 1 N–H and O–H groups in total. The number of carbonyl (C=O) groups excluding carboxylic acids is 1. The van der Waals surface area contributed by atoms with Gasteiger partial charge in [-0.1, -0.05) is 71.9 Å². The number of H-pyrrole nitrogens is 1. The van der Waals surface area contributed by atoms with E-state index in [1.54, 1.807) is 23.0 Å². The van der Waals surface area contributed by atoms with Gasteiger partial charge in [-0.2, -0.15) is 4.68 Å². The third-order valence-corrected chi connectivity index (χ3v) is 6.37. The number of tetrazole rings is 1. The zero-order valence-electron chi connectivity index (χ0n) is 16.1. The number of nitrogens with one attached hydrogen (secondary N) is 1. The molecule has 0 unspecified atom stereocenters. The van der Waals surface area contributed by atoms with Crippen LogP contribution in [0.3, 0.4) is 0 Å². The van der Waals surface area contributed by atoms with Crippen molar-refractivity contribution in [3.05, 3.63) is 101 Å². The number of aromatic nitrogens is 5. The van der Waals surface area contributed by atoms with Crippen molar-refractivity contribution in [2.45, 2.75) is 10.4 Å². The molecule has 5 rings (SSSR count). The van der Waals surface area contributed by atoms with Gasteiger partial charge in [-0.25, -0.2) is 0 Å². The van der Waals surface area contributed by atoms with Gasteiger partial charge in [0.1, 0.15) is 5.25 Å². The normalized spacial score (nSPS) is 12.2.